The Balaban J connectivity index is 0.857. The number of halogens is 1. The Bertz CT molecular complexity index is 2690. The van der Waals surface area contributed by atoms with Crippen molar-refractivity contribution in [2.75, 3.05) is 57.7 Å². The Hall–Kier alpha value is -6.57. The number of rotatable bonds is 13. The number of nitrogens with zero attached hydrogens (tertiary/aromatic N) is 5. The van der Waals surface area contributed by atoms with Gasteiger partial charge in [-0.1, -0.05) is 85.3 Å². The van der Waals surface area contributed by atoms with Crippen LogP contribution >= 0.6 is 0 Å². The zero-order valence-corrected chi connectivity index (χ0v) is 35.8. The fraction of sp³-hybridized carbons (Fsp3) is 0.320. The number of fused-ring (bicyclic) bond motifs is 1. The fourth-order valence-corrected chi connectivity index (χ4v) is 8.68. The van der Waals surface area contributed by atoms with Crippen molar-refractivity contribution in [1.82, 2.24) is 35.2 Å². The predicted octanol–water partition coefficient (Wildman–Crippen LogP) is 6.62. The second-order valence-corrected chi connectivity index (χ2v) is 16.7. The first-order valence-electron chi connectivity index (χ1n) is 21.8. The molecule has 12 nitrogen and oxygen atoms in total. The molecule has 8 rings (SSSR count). The number of piperidine rings is 1. The highest BCUT2D eigenvalue weighted by Crippen LogP contribution is 2.28. The van der Waals surface area contributed by atoms with Gasteiger partial charge in [0, 0.05) is 75.9 Å². The van der Waals surface area contributed by atoms with E-state index in [2.05, 4.69) is 55.8 Å². The van der Waals surface area contributed by atoms with Gasteiger partial charge < -0.3 is 20.4 Å². The number of aromatic amines is 1. The molecule has 324 valence electrons. The summed E-state index contributed by atoms with van der Waals surface area (Å²) in [4.78, 5) is 63.9. The molecule has 0 radical (unpaired) electrons. The van der Waals surface area contributed by atoms with Crippen molar-refractivity contribution in [3.8, 4) is 11.1 Å². The van der Waals surface area contributed by atoms with Crippen molar-refractivity contribution < 1.29 is 18.8 Å². The van der Waals surface area contributed by atoms with Gasteiger partial charge in [0.05, 0.1) is 28.9 Å². The Morgan fingerprint density at radius 3 is 2.30 bits per heavy atom. The van der Waals surface area contributed by atoms with Crippen LogP contribution in [0.2, 0.25) is 0 Å². The number of nitrogens with one attached hydrogen (secondary N) is 3. The summed E-state index contributed by atoms with van der Waals surface area (Å²) in [6, 6.07) is 29.9. The first kappa shape index (κ1) is 43.1. The average molecular weight is 849 g/mol. The number of pyridine rings is 1. The average Bonchev–Trinajstić information content (AvgIpc) is 3.30. The van der Waals surface area contributed by atoms with Gasteiger partial charge in [0.2, 0.25) is 5.91 Å². The van der Waals surface area contributed by atoms with E-state index in [1.54, 1.807) is 35.4 Å². The van der Waals surface area contributed by atoms with Crippen LogP contribution in [-0.4, -0.2) is 100.0 Å². The number of likely N-dealkylation sites (tertiary alicyclic amines) is 1. The lowest BCUT2D eigenvalue weighted by Gasteiger charge is -2.39. The van der Waals surface area contributed by atoms with E-state index in [0.29, 0.717) is 74.9 Å². The molecule has 0 atom stereocenters. The highest BCUT2D eigenvalue weighted by atomic mass is 19.1. The summed E-state index contributed by atoms with van der Waals surface area (Å²) < 4.78 is 15.1. The summed E-state index contributed by atoms with van der Waals surface area (Å²) in [5.74, 6) is -1.02. The van der Waals surface area contributed by atoms with Crippen LogP contribution in [0.15, 0.2) is 108 Å². The van der Waals surface area contributed by atoms with Crippen molar-refractivity contribution in [2.45, 2.75) is 46.1 Å². The molecule has 2 aromatic heterocycles. The fourth-order valence-electron chi connectivity index (χ4n) is 8.68. The third-order valence-corrected chi connectivity index (χ3v) is 12.2. The van der Waals surface area contributed by atoms with Crippen molar-refractivity contribution in [3.05, 3.63) is 159 Å². The zero-order chi connectivity index (χ0) is 43.9. The van der Waals surface area contributed by atoms with Crippen LogP contribution in [0.3, 0.4) is 0 Å². The van der Waals surface area contributed by atoms with Crippen molar-refractivity contribution in [1.29, 1.82) is 0 Å². The minimum atomic E-state index is -0.569. The highest BCUT2D eigenvalue weighted by molar-refractivity contribution is 6.03. The molecule has 2 aliphatic heterocycles. The van der Waals surface area contributed by atoms with Gasteiger partial charge in [-0.2, -0.15) is 5.10 Å². The molecule has 4 aromatic carbocycles. The van der Waals surface area contributed by atoms with E-state index in [1.807, 2.05) is 60.4 Å². The molecule has 0 unspecified atom stereocenters. The molecule has 0 aliphatic carbocycles. The first-order valence-corrected chi connectivity index (χ1v) is 21.8. The van der Waals surface area contributed by atoms with Crippen LogP contribution in [0, 0.1) is 18.7 Å². The minimum absolute atomic E-state index is 0.0269. The lowest BCUT2D eigenvalue weighted by molar-refractivity contribution is -0.115. The monoisotopic (exact) mass is 848 g/mol. The summed E-state index contributed by atoms with van der Waals surface area (Å²) >= 11 is 0. The van der Waals surface area contributed by atoms with E-state index < -0.39 is 5.82 Å². The SMILES string of the molecule is CCc1cccc(-c2cnc(C(=O)N3CCC(CN4CCN(C(=O)c5cc(Cc6n[nH]c(=O)c7ccccc67)ccc5F)CC4)CC3)c(NC(=O)CNCc3cccc(C)c3)c2)c1. The summed E-state index contributed by atoms with van der Waals surface area (Å²) in [6.45, 7) is 9.01. The molecule has 3 N–H and O–H groups in total. The van der Waals surface area contributed by atoms with Crippen LogP contribution in [0.1, 0.15) is 68.6 Å². The molecule has 0 bridgehead atoms. The Morgan fingerprint density at radius 2 is 1.52 bits per heavy atom. The summed E-state index contributed by atoms with van der Waals surface area (Å²) in [5, 5.41) is 14.2. The van der Waals surface area contributed by atoms with Crippen LogP contribution in [0.5, 0.6) is 0 Å². The molecule has 2 aliphatic rings. The van der Waals surface area contributed by atoms with Crippen LogP contribution in [0.4, 0.5) is 10.1 Å². The number of H-pyrrole nitrogens is 1. The number of aromatic nitrogens is 3. The maximum Gasteiger partial charge on any atom is 0.274 e. The van der Waals surface area contributed by atoms with E-state index in [4.69, 9.17) is 0 Å². The van der Waals surface area contributed by atoms with Crippen molar-refractivity contribution in [2.24, 2.45) is 5.92 Å². The predicted molar refractivity (Wildman–Crippen MR) is 243 cm³/mol. The lowest BCUT2D eigenvalue weighted by Crippen LogP contribution is -2.51. The number of carbonyl (C=O) groups excluding carboxylic acids is 3. The molecule has 0 spiro atoms. The van der Waals surface area contributed by atoms with Gasteiger partial charge in [0.15, 0.2) is 5.69 Å². The second-order valence-electron chi connectivity index (χ2n) is 16.7. The molecule has 0 saturated carbocycles. The number of hydrogen-bond donors (Lipinski definition) is 3. The summed E-state index contributed by atoms with van der Waals surface area (Å²) in [5.41, 5.74) is 6.94. The van der Waals surface area contributed by atoms with Crippen LogP contribution in [0.25, 0.3) is 21.9 Å². The highest BCUT2D eigenvalue weighted by Gasteiger charge is 2.30. The van der Waals surface area contributed by atoms with Gasteiger partial charge in [0.25, 0.3) is 17.4 Å². The number of carbonyl (C=O) groups is 3. The molecule has 2 saturated heterocycles. The van der Waals surface area contributed by atoms with E-state index in [9.17, 15) is 19.2 Å². The summed E-state index contributed by atoms with van der Waals surface area (Å²) in [6.07, 6.45) is 4.56. The van der Waals surface area contributed by atoms with E-state index in [0.717, 1.165) is 59.0 Å². The number of anilines is 1. The molecular formula is C50H53FN8O4. The van der Waals surface area contributed by atoms with E-state index >= 15 is 4.39 Å². The topological polar surface area (TPSA) is 144 Å². The standard InChI is InChI=1S/C50H53FN8O4/c1-3-34-9-7-11-38(25-34)39-28-45(54-46(60)31-52-29-37-10-6-8-33(2)24-37)47(53-30-39)50(63)58-18-16-35(17-19-58)32-57-20-22-59(23-21-57)49(62)42-26-36(14-15-43(42)51)27-44-40-12-4-5-13-41(40)48(61)56-55-44/h4-15,24-26,28,30,35,52H,3,16-23,27,29,31-32H2,1-2H3,(H,54,60)(H,56,61). The molecule has 3 amide bonds. The van der Waals surface area contributed by atoms with Gasteiger partial charge in [-0.3, -0.25) is 24.1 Å². The largest absolute Gasteiger partial charge is 0.337 e. The Kier molecular flexibility index (Phi) is 13.4. The maximum absolute atomic E-state index is 15.1. The molecule has 13 heteroatoms. The number of hydrogen-bond acceptors (Lipinski definition) is 8. The van der Waals surface area contributed by atoms with Crippen LogP contribution in [-0.2, 0) is 24.2 Å². The lowest BCUT2D eigenvalue weighted by atomic mass is 9.95. The smallest absolute Gasteiger partial charge is 0.274 e. The second kappa shape index (κ2) is 19.6. The number of amides is 3. The first-order chi connectivity index (χ1) is 30.6. The van der Waals surface area contributed by atoms with Gasteiger partial charge in [-0.05, 0) is 78.6 Å². The molecule has 63 heavy (non-hydrogen) atoms. The van der Waals surface area contributed by atoms with Gasteiger partial charge in [-0.15, -0.1) is 0 Å². The number of piperazine rings is 1. The molecule has 4 heterocycles. The normalized spacial score (nSPS) is 14.8. The molecule has 6 aromatic rings. The van der Waals surface area contributed by atoms with E-state index in [-0.39, 0.29) is 41.1 Å². The Morgan fingerprint density at radius 1 is 0.778 bits per heavy atom. The van der Waals surface area contributed by atoms with Gasteiger partial charge in [-0.25, -0.2) is 14.5 Å². The van der Waals surface area contributed by atoms with Crippen molar-refractivity contribution >= 4 is 34.2 Å². The number of benzene rings is 4. The number of aryl methyl sites for hydroxylation is 2. The minimum Gasteiger partial charge on any atom is -0.337 e. The quantitative estimate of drug-likeness (QED) is 0.118. The summed E-state index contributed by atoms with van der Waals surface area (Å²) in [7, 11) is 0. The van der Waals surface area contributed by atoms with E-state index in [1.165, 1.54) is 11.6 Å². The zero-order valence-electron chi connectivity index (χ0n) is 35.8. The van der Waals surface area contributed by atoms with Gasteiger partial charge >= 0.3 is 0 Å². The Labute approximate surface area is 366 Å². The third-order valence-electron chi connectivity index (χ3n) is 12.2. The molecular weight excluding hydrogens is 796 g/mol. The van der Waals surface area contributed by atoms with Gasteiger partial charge in [0.1, 0.15) is 5.82 Å². The third kappa shape index (κ3) is 10.4. The van der Waals surface area contributed by atoms with Crippen LogP contribution < -0.4 is 16.2 Å². The van der Waals surface area contributed by atoms with Crippen molar-refractivity contribution in [3.63, 3.8) is 0 Å². The maximum atomic E-state index is 15.1. The molecule has 2 fully saturated rings.